The van der Waals surface area contributed by atoms with Gasteiger partial charge in [0.1, 0.15) is 17.0 Å². The second-order valence-electron chi connectivity index (χ2n) is 5.40. The minimum atomic E-state index is -1.43. The average Bonchev–Trinajstić information content (AvgIpc) is 3.08. The van der Waals surface area contributed by atoms with Gasteiger partial charge in [-0.1, -0.05) is 6.07 Å². The highest BCUT2D eigenvalue weighted by Crippen LogP contribution is 2.24. The van der Waals surface area contributed by atoms with E-state index < -0.39 is 21.8 Å². The molecule has 9 nitrogen and oxygen atoms in total. The number of nitrogens with zero attached hydrogens (tertiary/aromatic N) is 3. The quantitative estimate of drug-likeness (QED) is 0.537. The summed E-state index contributed by atoms with van der Waals surface area (Å²) < 4.78 is 6.24. The zero-order chi connectivity index (χ0) is 17.3. The van der Waals surface area contributed by atoms with Gasteiger partial charge < -0.3 is 14.8 Å². The Labute approximate surface area is 135 Å². The van der Waals surface area contributed by atoms with Gasteiger partial charge in [0.05, 0.1) is 17.7 Å². The van der Waals surface area contributed by atoms with Crippen molar-refractivity contribution in [2.24, 2.45) is 0 Å². The predicted octanol–water partition coefficient (Wildman–Crippen LogP) is 1.52. The number of rotatable bonds is 5. The summed E-state index contributed by atoms with van der Waals surface area (Å²) in [5.41, 5.74) is -2.66. The maximum absolute atomic E-state index is 12.3. The van der Waals surface area contributed by atoms with Crippen molar-refractivity contribution in [1.29, 1.82) is 0 Å². The highest BCUT2D eigenvalue weighted by Gasteiger charge is 2.29. The maximum Gasteiger partial charge on any atom is 0.376 e. The fourth-order valence-electron chi connectivity index (χ4n) is 2.30. The highest BCUT2D eigenvalue weighted by molar-refractivity contribution is 5.60. The van der Waals surface area contributed by atoms with Crippen LogP contribution in [-0.4, -0.2) is 26.0 Å². The summed E-state index contributed by atoms with van der Waals surface area (Å²) in [5, 5.41) is 24.4. The molecule has 3 rings (SSSR count). The van der Waals surface area contributed by atoms with Crippen LogP contribution in [-0.2, 0) is 5.60 Å². The maximum atomic E-state index is 12.3. The van der Waals surface area contributed by atoms with Gasteiger partial charge in [0.25, 0.3) is 0 Å². The summed E-state index contributed by atoms with van der Waals surface area (Å²) in [4.78, 5) is 26.9. The molecule has 1 unspecified atom stereocenters. The second kappa shape index (κ2) is 5.78. The zero-order valence-corrected chi connectivity index (χ0v) is 12.7. The second-order valence-corrected chi connectivity index (χ2v) is 5.40. The van der Waals surface area contributed by atoms with Crippen molar-refractivity contribution in [3.8, 4) is 0 Å². The van der Waals surface area contributed by atoms with E-state index in [2.05, 4.69) is 10.3 Å². The average molecular weight is 330 g/mol. The van der Waals surface area contributed by atoms with Crippen LogP contribution in [0.4, 0.5) is 11.5 Å². The summed E-state index contributed by atoms with van der Waals surface area (Å²) in [6.45, 7) is 1.36. The molecule has 124 valence electrons. The molecule has 0 aliphatic rings. The number of aromatic nitrogens is 2. The number of hydrogen-bond donors (Lipinski definition) is 2. The molecule has 0 aliphatic carbocycles. The number of nitrogens with one attached hydrogen (secondary N) is 1. The highest BCUT2D eigenvalue weighted by atomic mass is 16.6. The number of nitro groups is 1. The topological polar surface area (TPSA) is 123 Å². The smallest absolute Gasteiger partial charge is 0.376 e. The van der Waals surface area contributed by atoms with E-state index in [1.54, 1.807) is 30.3 Å². The van der Waals surface area contributed by atoms with Gasteiger partial charge in [0.15, 0.2) is 0 Å². The minimum Gasteiger partial charge on any atom is -0.466 e. The van der Waals surface area contributed by atoms with Gasteiger partial charge in [0, 0.05) is 6.20 Å². The first-order chi connectivity index (χ1) is 11.4. The van der Waals surface area contributed by atoms with Gasteiger partial charge in [-0.15, -0.1) is 0 Å². The van der Waals surface area contributed by atoms with Crippen molar-refractivity contribution in [1.82, 2.24) is 9.38 Å². The van der Waals surface area contributed by atoms with Crippen molar-refractivity contribution in [2.75, 3.05) is 11.9 Å². The van der Waals surface area contributed by atoms with Crippen LogP contribution in [0.2, 0.25) is 0 Å². The fraction of sp³-hybridized carbons (Fsp3) is 0.200. The largest absolute Gasteiger partial charge is 0.466 e. The molecule has 24 heavy (non-hydrogen) atoms. The Bertz CT molecular complexity index is 946. The Morgan fingerprint density at radius 1 is 1.42 bits per heavy atom. The van der Waals surface area contributed by atoms with E-state index in [9.17, 15) is 20.0 Å². The fourth-order valence-corrected chi connectivity index (χ4v) is 2.30. The monoisotopic (exact) mass is 330 g/mol. The predicted molar refractivity (Wildman–Crippen MR) is 84.9 cm³/mol. The summed E-state index contributed by atoms with van der Waals surface area (Å²) in [6.07, 6.45) is 2.81. The lowest BCUT2D eigenvalue weighted by Gasteiger charge is -2.21. The molecular weight excluding hydrogens is 316 g/mol. The number of anilines is 1. The first-order valence-corrected chi connectivity index (χ1v) is 7.06. The molecule has 0 amide bonds. The van der Waals surface area contributed by atoms with E-state index in [4.69, 9.17) is 4.42 Å². The van der Waals surface area contributed by atoms with Crippen molar-refractivity contribution < 1.29 is 14.4 Å². The number of pyridine rings is 1. The Hall–Kier alpha value is -3.20. The molecule has 0 saturated heterocycles. The Morgan fingerprint density at radius 3 is 2.88 bits per heavy atom. The number of fused-ring (bicyclic) bond motifs is 1. The lowest BCUT2D eigenvalue weighted by molar-refractivity contribution is -0.385. The van der Waals surface area contributed by atoms with Gasteiger partial charge in [-0.25, -0.2) is 4.98 Å². The molecular formula is C15H14N4O5. The van der Waals surface area contributed by atoms with E-state index in [-0.39, 0.29) is 23.8 Å². The van der Waals surface area contributed by atoms with Crippen molar-refractivity contribution in [3.63, 3.8) is 0 Å². The molecule has 3 aromatic rings. The van der Waals surface area contributed by atoms with Crippen molar-refractivity contribution in [3.05, 3.63) is 69.0 Å². The van der Waals surface area contributed by atoms with Gasteiger partial charge in [-0.3, -0.25) is 19.3 Å². The van der Waals surface area contributed by atoms with Crippen LogP contribution in [0.1, 0.15) is 12.7 Å². The molecule has 0 aromatic carbocycles. The van der Waals surface area contributed by atoms with Gasteiger partial charge in [0.2, 0.25) is 5.82 Å². The normalized spacial score (nSPS) is 13.6. The van der Waals surface area contributed by atoms with E-state index in [1.807, 2.05) is 0 Å². The number of aliphatic hydroxyl groups is 1. The van der Waals surface area contributed by atoms with Crippen molar-refractivity contribution >= 4 is 17.2 Å². The van der Waals surface area contributed by atoms with Gasteiger partial charge >= 0.3 is 11.2 Å². The molecule has 3 heterocycles. The van der Waals surface area contributed by atoms with Crippen LogP contribution in [0.5, 0.6) is 0 Å². The Balaban J connectivity index is 2.01. The molecule has 2 N–H and O–H groups in total. The summed E-state index contributed by atoms with van der Waals surface area (Å²) in [6, 6.07) is 8.00. The van der Waals surface area contributed by atoms with E-state index in [0.29, 0.717) is 0 Å². The van der Waals surface area contributed by atoms with Crippen LogP contribution in [0.25, 0.3) is 5.65 Å². The third-order valence-electron chi connectivity index (χ3n) is 3.55. The van der Waals surface area contributed by atoms with E-state index in [0.717, 1.165) is 4.40 Å². The zero-order valence-electron chi connectivity index (χ0n) is 12.7. The first-order valence-electron chi connectivity index (χ1n) is 7.06. The third kappa shape index (κ3) is 2.72. The Morgan fingerprint density at radius 2 is 2.21 bits per heavy atom. The van der Waals surface area contributed by atoms with E-state index >= 15 is 0 Å². The summed E-state index contributed by atoms with van der Waals surface area (Å²) in [7, 11) is 0. The molecule has 1 atom stereocenters. The molecule has 0 radical (unpaired) electrons. The number of hydrogen-bond acceptors (Lipinski definition) is 7. The van der Waals surface area contributed by atoms with Gasteiger partial charge in [-0.2, -0.15) is 0 Å². The minimum absolute atomic E-state index is 0.128. The van der Waals surface area contributed by atoms with Crippen LogP contribution in [0.3, 0.4) is 0 Å². The molecule has 0 bridgehead atoms. The standard InChI is InChI=1S/C15H14N4O5/c1-15(21,10-5-4-8-24-10)9-16-13-12(19(22)23)14(20)18-7-3-2-6-11(18)17-13/h2-8,16,21H,9H2,1H3. The molecule has 9 heteroatoms. The molecule has 0 saturated carbocycles. The Kier molecular flexibility index (Phi) is 3.78. The molecule has 0 aliphatic heterocycles. The van der Waals surface area contributed by atoms with Crippen LogP contribution < -0.4 is 10.9 Å². The molecule has 3 aromatic heterocycles. The molecule has 0 spiro atoms. The van der Waals surface area contributed by atoms with Crippen LogP contribution in [0.15, 0.2) is 52.0 Å². The lowest BCUT2D eigenvalue weighted by Crippen LogP contribution is -2.31. The van der Waals surface area contributed by atoms with Crippen LogP contribution >= 0.6 is 0 Å². The van der Waals surface area contributed by atoms with E-state index in [1.165, 1.54) is 19.4 Å². The lowest BCUT2D eigenvalue weighted by atomic mass is 10.0. The van der Waals surface area contributed by atoms with Crippen molar-refractivity contribution in [2.45, 2.75) is 12.5 Å². The summed E-state index contributed by atoms with van der Waals surface area (Å²) >= 11 is 0. The van der Waals surface area contributed by atoms with Crippen LogP contribution in [0, 0.1) is 10.1 Å². The first kappa shape index (κ1) is 15.7. The third-order valence-corrected chi connectivity index (χ3v) is 3.55. The summed E-state index contributed by atoms with van der Waals surface area (Å²) in [5.74, 6) is 0.0817. The SMILES string of the molecule is CC(O)(CNc1nc2ccccn2c(=O)c1[N+](=O)[O-])c1ccco1. The number of furan rings is 1. The van der Waals surface area contributed by atoms with Gasteiger partial charge in [-0.05, 0) is 31.2 Å². The molecule has 0 fully saturated rings.